The van der Waals surface area contributed by atoms with E-state index in [0.717, 1.165) is 17.0 Å². The standard InChI is InChI=1S/C22H19F5N6O2/c23-13-4-15(24)20-29-7-18(32(20)9-13)19-14-6-28-16(5-17(14)33(30-19)11-22(25,26)27)21(35)31-3-1-2-12(8-31)10-34/h4-7,9,12,34H,1-3,8,10-11H2. The molecule has 0 aliphatic carbocycles. The van der Waals surface area contributed by atoms with E-state index in [1.165, 1.54) is 23.4 Å². The smallest absolute Gasteiger partial charge is 0.396 e. The van der Waals surface area contributed by atoms with Crippen molar-refractivity contribution in [2.24, 2.45) is 5.92 Å². The van der Waals surface area contributed by atoms with E-state index >= 15 is 0 Å². The molecule has 0 bridgehead atoms. The number of aliphatic hydroxyl groups excluding tert-OH is 1. The molecule has 4 aromatic heterocycles. The highest BCUT2D eigenvalue weighted by Gasteiger charge is 2.31. The lowest BCUT2D eigenvalue weighted by Crippen LogP contribution is -2.41. The fourth-order valence-electron chi connectivity index (χ4n) is 4.42. The Bertz CT molecular complexity index is 1430. The van der Waals surface area contributed by atoms with Gasteiger partial charge in [-0.3, -0.25) is 18.9 Å². The zero-order valence-electron chi connectivity index (χ0n) is 18.1. The lowest BCUT2D eigenvalue weighted by Gasteiger charge is -2.31. The highest BCUT2D eigenvalue weighted by molar-refractivity contribution is 5.99. The van der Waals surface area contributed by atoms with Crippen molar-refractivity contribution in [3.63, 3.8) is 0 Å². The van der Waals surface area contributed by atoms with Gasteiger partial charge in [0.2, 0.25) is 0 Å². The second-order valence-corrected chi connectivity index (χ2v) is 8.49. The van der Waals surface area contributed by atoms with Gasteiger partial charge in [0.25, 0.3) is 5.91 Å². The Morgan fingerprint density at radius 1 is 1.17 bits per heavy atom. The summed E-state index contributed by atoms with van der Waals surface area (Å²) < 4.78 is 69.7. The van der Waals surface area contributed by atoms with Gasteiger partial charge in [0.1, 0.15) is 23.7 Å². The minimum Gasteiger partial charge on any atom is -0.396 e. The summed E-state index contributed by atoms with van der Waals surface area (Å²) >= 11 is 0. The number of piperidine rings is 1. The summed E-state index contributed by atoms with van der Waals surface area (Å²) in [6.45, 7) is -0.753. The highest BCUT2D eigenvalue weighted by Crippen LogP contribution is 2.31. The molecule has 13 heteroatoms. The molecule has 0 radical (unpaired) electrons. The van der Waals surface area contributed by atoms with E-state index < -0.39 is 30.3 Å². The molecule has 1 N–H and O–H groups in total. The summed E-state index contributed by atoms with van der Waals surface area (Å²) in [5, 5.41) is 13.6. The second kappa shape index (κ2) is 8.56. The first-order valence-electron chi connectivity index (χ1n) is 10.8. The molecule has 184 valence electrons. The Morgan fingerprint density at radius 3 is 2.71 bits per heavy atom. The number of likely N-dealkylation sites (tertiary alicyclic amines) is 1. The first-order valence-corrected chi connectivity index (χ1v) is 10.8. The van der Waals surface area contributed by atoms with Crippen LogP contribution in [-0.2, 0) is 6.54 Å². The lowest BCUT2D eigenvalue weighted by atomic mass is 9.99. The van der Waals surface area contributed by atoms with Crippen molar-refractivity contribution in [1.82, 2.24) is 29.0 Å². The van der Waals surface area contributed by atoms with E-state index in [1.54, 1.807) is 0 Å². The first kappa shape index (κ1) is 23.1. The lowest BCUT2D eigenvalue weighted by molar-refractivity contribution is -0.141. The van der Waals surface area contributed by atoms with Crippen molar-refractivity contribution >= 4 is 22.5 Å². The number of pyridine rings is 2. The minimum absolute atomic E-state index is 0.0155. The van der Waals surface area contributed by atoms with Crippen LogP contribution in [0.1, 0.15) is 23.3 Å². The number of aliphatic hydroxyl groups is 1. The van der Waals surface area contributed by atoms with Crippen LogP contribution < -0.4 is 0 Å². The van der Waals surface area contributed by atoms with Crippen molar-refractivity contribution in [3.05, 3.63) is 48.1 Å². The Balaban J connectivity index is 1.63. The first-order chi connectivity index (χ1) is 16.6. The number of rotatable bonds is 4. The number of fused-ring (bicyclic) bond motifs is 2. The number of aromatic nitrogens is 5. The van der Waals surface area contributed by atoms with Crippen molar-refractivity contribution in [2.45, 2.75) is 25.6 Å². The van der Waals surface area contributed by atoms with Crippen LogP contribution in [0.2, 0.25) is 0 Å². The molecule has 1 aliphatic heterocycles. The molecule has 0 saturated carbocycles. The Labute approximate surface area is 194 Å². The fourth-order valence-corrected chi connectivity index (χ4v) is 4.42. The molecule has 5 heterocycles. The molecule has 1 fully saturated rings. The van der Waals surface area contributed by atoms with Gasteiger partial charge in [0, 0.05) is 43.5 Å². The predicted molar refractivity (Wildman–Crippen MR) is 113 cm³/mol. The van der Waals surface area contributed by atoms with Crippen LogP contribution in [0, 0.1) is 17.6 Å². The SMILES string of the molecule is O=C(c1cc2c(cn1)c(-c1cnc3c(F)cc(F)cn13)nn2CC(F)(F)F)N1CCCC(CO)C1. The maximum absolute atomic E-state index is 14.1. The average molecular weight is 494 g/mol. The molecule has 5 rings (SSSR count). The number of halogens is 5. The molecule has 8 nitrogen and oxygen atoms in total. The molecule has 0 spiro atoms. The molecular weight excluding hydrogens is 475 g/mol. The van der Waals surface area contributed by atoms with Crippen LogP contribution in [0.4, 0.5) is 22.0 Å². The maximum atomic E-state index is 14.1. The summed E-state index contributed by atoms with van der Waals surface area (Å²) in [5.41, 5.74) is -0.263. The van der Waals surface area contributed by atoms with Gasteiger partial charge in [-0.05, 0) is 24.8 Å². The van der Waals surface area contributed by atoms with Gasteiger partial charge in [0.05, 0.1) is 17.4 Å². The number of nitrogens with zero attached hydrogens (tertiary/aromatic N) is 6. The summed E-state index contributed by atoms with van der Waals surface area (Å²) in [7, 11) is 0. The summed E-state index contributed by atoms with van der Waals surface area (Å²) in [6.07, 6.45) is 0.197. The highest BCUT2D eigenvalue weighted by atomic mass is 19.4. The normalized spacial score (nSPS) is 17.0. The molecule has 1 unspecified atom stereocenters. The van der Waals surface area contributed by atoms with Crippen molar-refractivity contribution in [3.8, 4) is 11.4 Å². The minimum atomic E-state index is -4.62. The maximum Gasteiger partial charge on any atom is 0.408 e. The molecule has 1 amide bonds. The van der Waals surface area contributed by atoms with Crippen LogP contribution in [-0.4, -0.2) is 65.9 Å². The Kier molecular flexibility index (Phi) is 5.66. The molecule has 0 aromatic carbocycles. The number of imidazole rings is 1. The van der Waals surface area contributed by atoms with Crippen molar-refractivity contribution in [1.29, 1.82) is 0 Å². The van der Waals surface area contributed by atoms with E-state index in [4.69, 9.17) is 0 Å². The number of hydrogen-bond donors (Lipinski definition) is 1. The van der Waals surface area contributed by atoms with E-state index in [9.17, 15) is 31.9 Å². The fraction of sp³-hybridized carbons (Fsp3) is 0.364. The zero-order chi connectivity index (χ0) is 24.9. The van der Waals surface area contributed by atoms with Crippen LogP contribution in [0.15, 0.2) is 30.7 Å². The Hall–Kier alpha value is -3.61. The topological polar surface area (TPSA) is 88.6 Å². The van der Waals surface area contributed by atoms with E-state index in [-0.39, 0.29) is 46.2 Å². The van der Waals surface area contributed by atoms with Gasteiger partial charge in [0.15, 0.2) is 11.5 Å². The molecule has 35 heavy (non-hydrogen) atoms. The van der Waals surface area contributed by atoms with Crippen LogP contribution in [0.3, 0.4) is 0 Å². The Morgan fingerprint density at radius 2 is 1.97 bits per heavy atom. The van der Waals surface area contributed by atoms with E-state index in [2.05, 4.69) is 15.1 Å². The molecule has 4 aromatic rings. The van der Waals surface area contributed by atoms with Crippen molar-refractivity contribution in [2.75, 3.05) is 19.7 Å². The molecule has 1 atom stereocenters. The molecule has 1 aliphatic rings. The van der Waals surface area contributed by atoms with E-state index in [0.29, 0.717) is 30.3 Å². The molecular formula is C22H19F5N6O2. The van der Waals surface area contributed by atoms with Crippen LogP contribution in [0.25, 0.3) is 27.9 Å². The zero-order valence-corrected chi connectivity index (χ0v) is 18.1. The number of alkyl halides is 3. The van der Waals surface area contributed by atoms with Gasteiger partial charge in [-0.15, -0.1) is 0 Å². The average Bonchev–Trinajstić information content (AvgIpc) is 3.38. The number of amides is 1. The van der Waals surface area contributed by atoms with Crippen LogP contribution >= 0.6 is 0 Å². The number of carbonyl (C=O) groups excluding carboxylic acids is 1. The number of hydrogen-bond acceptors (Lipinski definition) is 5. The third kappa shape index (κ3) is 4.31. The van der Waals surface area contributed by atoms with Crippen LogP contribution in [0.5, 0.6) is 0 Å². The van der Waals surface area contributed by atoms with Gasteiger partial charge in [-0.2, -0.15) is 18.3 Å². The second-order valence-electron chi connectivity index (χ2n) is 8.49. The van der Waals surface area contributed by atoms with Crippen molar-refractivity contribution < 1.29 is 31.9 Å². The van der Waals surface area contributed by atoms with Gasteiger partial charge >= 0.3 is 6.18 Å². The number of carbonyl (C=O) groups is 1. The molecule has 1 saturated heterocycles. The third-order valence-corrected chi connectivity index (χ3v) is 6.02. The van der Waals surface area contributed by atoms with Gasteiger partial charge < -0.3 is 10.0 Å². The van der Waals surface area contributed by atoms with Gasteiger partial charge in [-0.1, -0.05) is 0 Å². The van der Waals surface area contributed by atoms with E-state index in [1.807, 2.05) is 0 Å². The predicted octanol–water partition coefficient (Wildman–Crippen LogP) is 3.43. The van der Waals surface area contributed by atoms with Gasteiger partial charge in [-0.25, -0.2) is 13.8 Å². The largest absolute Gasteiger partial charge is 0.408 e. The quantitative estimate of drug-likeness (QED) is 0.440. The third-order valence-electron chi connectivity index (χ3n) is 6.02. The summed E-state index contributed by atoms with van der Waals surface area (Å²) in [4.78, 5) is 22.6. The monoisotopic (exact) mass is 494 g/mol. The summed E-state index contributed by atoms with van der Waals surface area (Å²) in [5.74, 6) is -2.38. The summed E-state index contributed by atoms with van der Waals surface area (Å²) in [6, 6.07) is 1.88.